The first kappa shape index (κ1) is 21.0. The van der Waals surface area contributed by atoms with E-state index in [0.717, 1.165) is 11.3 Å². The Hall–Kier alpha value is -3.26. The number of rotatable bonds is 4. The van der Waals surface area contributed by atoms with Crippen molar-refractivity contribution in [3.8, 4) is 10.6 Å². The summed E-state index contributed by atoms with van der Waals surface area (Å²) in [5, 5.41) is 22.1. The normalized spacial score (nSPS) is 19.6. The smallest absolute Gasteiger partial charge is 0.323 e. The highest BCUT2D eigenvalue weighted by Gasteiger charge is 2.34. The quantitative estimate of drug-likeness (QED) is 0.340. The molecule has 0 spiro atoms. The van der Waals surface area contributed by atoms with Crippen LogP contribution in [0, 0.1) is 6.92 Å². The van der Waals surface area contributed by atoms with Crippen LogP contribution in [-0.4, -0.2) is 47.3 Å². The van der Waals surface area contributed by atoms with Crippen LogP contribution in [0.25, 0.3) is 20.8 Å². The van der Waals surface area contributed by atoms with Crippen LogP contribution < -0.4 is 10.6 Å². The molecule has 1 saturated heterocycles. The third kappa shape index (κ3) is 4.16. The van der Waals surface area contributed by atoms with Gasteiger partial charge in [0.15, 0.2) is 12.3 Å². The molecule has 13 heteroatoms. The first-order valence-electron chi connectivity index (χ1n) is 8.82. The van der Waals surface area contributed by atoms with Crippen molar-refractivity contribution >= 4 is 49.3 Å². The molecule has 1 aliphatic rings. The maximum Gasteiger partial charge on any atom is 0.323 e. The largest absolute Gasteiger partial charge is 0.371 e. The van der Waals surface area contributed by atoms with Gasteiger partial charge in [-0.05, 0) is 42.8 Å². The molecule has 3 amide bonds. The van der Waals surface area contributed by atoms with E-state index in [4.69, 9.17) is 0 Å². The van der Waals surface area contributed by atoms with Gasteiger partial charge in [0.2, 0.25) is 0 Å². The predicted molar refractivity (Wildman–Crippen MR) is 111 cm³/mol. The zero-order valence-electron chi connectivity index (χ0n) is 15.8. The molecule has 0 aliphatic carbocycles. The van der Waals surface area contributed by atoms with Crippen LogP contribution in [0.1, 0.15) is 5.56 Å². The van der Waals surface area contributed by atoms with Crippen LogP contribution in [0.15, 0.2) is 51.5 Å². The van der Waals surface area contributed by atoms with Gasteiger partial charge >= 0.3 is 6.03 Å². The molecule has 2 unspecified atom stereocenters. The van der Waals surface area contributed by atoms with E-state index in [9.17, 15) is 27.7 Å². The van der Waals surface area contributed by atoms with E-state index in [1.807, 2.05) is 5.32 Å². The van der Waals surface area contributed by atoms with Crippen molar-refractivity contribution in [2.75, 3.05) is 0 Å². The number of nitrogens with one attached hydrogen (secondary N) is 2. The Morgan fingerprint density at radius 3 is 2.48 bits per heavy atom. The zero-order chi connectivity index (χ0) is 22.3. The summed E-state index contributed by atoms with van der Waals surface area (Å²) >= 11 is 1.13. The minimum Gasteiger partial charge on any atom is -0.371 e. The van der Waals surface area contributed by atoms with Gasteiger partial charge in [-0.1, -0.05) is 6.07 Å². The van der Waals surface area contributed by atoms with Crippen molar-refractivity contribution in [3.05, 3.63) is 42.0 Å². The summed E-state index contributed by atoms with van der Waals surface area (Å²) in [6, 6.07) is 7.76. The number of nitrogens with zero attached hydrogens (tertiary/aromatic N) is 3. The van der Waals surface area contributed by atoms with Crippen molar-refractivity contribution in [2.45, 2.75) is 24.1 Å². The molecule has 3 aromatic rings. The number of urea groups is 1. The van der Waals surface area contributed by atoms with Crippen molar-refractivity contribution in [1.82, 2.24) is 15.6 Å². The van der Waals surface area contributed by atoms with Gasteiger partial charge in [0.25, 0.3) is 16.0 Å². The summed E-state index contributed by atoms with van der Waals surface area (Å²) in [7, 11) is -4.40. The summed E-state index contributed by atoms with van der Waals surface area (Å²) in [5.41, 5.74) is 1.94. The van der Waals surface area contributed by atoms with Crippen molar-refractivity contribution in [1.29, 1.82) is 0 Å². The first-order valence-corrected chi connectivity index (χ1v) is 11.1. The highest BCUT2D eigenvalue weighted by Crippen LogP contribution is 2.36. The molecular formula is C18H15N5O6S2. The number of hydrogen-bond acceptors (Lipinski definition) is 9. The van der Waals surface area contributed by atoms with Crippen LogP contribution in [0.2, 0.25) is 0 Å². The minimum atomic E-state index is -4.40. The molecule has 0 saturated carbocycles. The number of aliphatic hydroxyl groups excluding tert-OH is 1. The highest BCUT2D eigenvalue weighted by atomic mass is 32.2. The van der Waals surface area contributed by atoms with Crippen LogP contribution >= 0.6 is 11.3 Å². The molecule has 31 heavy (non-hydrogen) atoms. The number of azo groups is 1. The Labute approximate surface area is 179 Å². The van der Waals surface area contributed by atoms with E-state index in [0.29, 0.717) is 32.0 Å². The fourth-order valence-corrected chi connectivity index (χ4v) is 5.32. The summed E-state index contributed by atoms with van der Waals surface area (Å²) < 4.78 is 33.5. The molecule has 1 aliphatic heterocycles. The van der Waals surface area contributed by atoms with Crippen molar-refractivity contribution in [2.24, 2.45) is 10.2 Å². The van der Waals surface area contributed by atoms with E-state index in [2.05, 4.69) is 20.5 Å². The predicted octanol–water partition coefficient (Wildman–Crippen LogP) is 2.13. The highest BCUT2D eigenvalue weighted by molar-refractivity contribution is 7.86. The Balaban J connectivity index is 1.61. The number of aryl methyl sites for hydroxylation is 1. The standard InChI is InChI=1S/C18H15N5O6S2/c1-8-2-7-11-13(14(8)31(27,28)29)30-17(19-11)9-3-5-10(6-4-9)22-23-12-15(24)20-18(26)21-16(12)25/h2-7,12,15,24H,1H3,(H,27,28,29)(H2,20,21,25,26). The molecule has 0 radical (unpaired) electrons. The first-order chi connectivity index (χ1) is 14.6. The van der Waals surface area contributed by atoms with Crippen LogP contribution in [0.4, 0.5) is 10.5 Å². The van der Waals surface area contributed by atoms with Gasteiger partial charge in [-0.25, -0.2) is 9.78 Å². The van der Waals surface area contributed by atoms with Gasteiger partial charge in [-0.15, -0.1) is 11.3 Å². The second-order valence-electron chi connectivity index (χ2n) is 6.67. The lowest BCUT2D eigenvalue weighted by Crippen LogP contribution is -2.60. The lowest BCUT2D eigenvalue weighted by molar-refractivity contribution is -0.125. The summed E-state index contributed by atoms with van der Waals surface area (Å²) in [4.78, 5) is 27.1. The minimum absolute atomic E-state index is 0.157. The molecule has 160 valence electrons. The molecule has 1 fully saturated rings. The topological polar surface area (TPSA) is 170 Å². The van der Waals surface area contributed by atoms with E-state index in [1.165, 1.54) is 0 Å². The molecule has 11 nitrogen and oxygen atoms in total. The number of carbonyl (C=O) groups is 2. The summed E-state index contributed by atoms with van der Waals surface area (Å²) in [5.74, 6) is -0.768. The molecule has 2 heterocycles. The van der Waals surface area contributed by atoms with E-state index >= 15 is 0 Å². The second-order valence-corrected chi connectivity index (χ2v) is 9.03. The summed E-state index contributed by atoms with van der Waals surface area (Å²) in [6.45, 7) is 1.59. The fourth-order valence-electron chi connectivity index (χ4n) is 3.00. The number of hydrogen-bond donors (Lipinski definition) is 4. The summed E-state index contributed by atoms with van der Waals surface area (Å²) in [6.07, 6.45) is -1.48. The van der Waals surface area contributed by atoms with E-state index in [1.54, 1.807) is 43.3 Å². The number of aliphatic hydroxyl groups is 1. The fraction of sp³-hybridized carbons (Fsp3) is 0.167. The van der Waals surface area contributed by atoms with E-state index < -0.39 is 34.3 Å². The Morgan fingerprint density at radius 1 is 1.13 bits per heavy atom. The van der Waals surface area contributed by atoms with Gasteiger partial charge < -0.3 is 10.4 Å². The van der Waals surface area contributed by atoms with Crippen molar-refractivity contribution < 1.29 is 27.7 Å². The Morgan fingerprint density at radius 2 is 1.84 bits per heavy atom. The Bertz CT molecular complexity index is 1330. The lowest BCUT2D eigenvalue weighted by Gasteiger charge is -2.23. The zero-order valence-corrected chi connectivity index (χ0v) is 17.4. The molecular weight excluding hydrogens is 446 g/mol. The van der Waals surface area contributed by atoms with Gasteiger partial charge in [0.05, 0.1) is 15.9 Å². The third-order valence-corrected chi connectivity index (χ3v) is 6.77. The number of benzene rings is 2. The molecule has 4 rings (SSSR count). The second kappa shape index (κ2) is 7.77. The number of aromatic nitrogens is 1. The lowest BCUT2D eigenvalue weighted by atomic mass is 10.2. The van der Waals surface area contributed by atoms with Gasteiger partial charge in [0, 0.05) is 5.56 Å². The van der Waals surface area contributed by atoms with Gasteiger partial charge in [-0.2, -0.15) is 18.6 Å². The molecule has 4 N–H and O–H groups in total. The van der Waals surface area contributed by atoms with E-state index in [-0.39, 0.29) is 4.90 Å². The average molecular weight is 461 g/mol. The third-order valence-electron chi connectivity index (χ3n) is 4.46. The molecule has 2 aromatic carbocycles. The number of thiazole rings is 1. The van der Waals surface area contributed by atoms with Gasteiger partial charge in [0.1, 0.15) is 9.90 Å². The number of amides is 3. The average Bonchev–Trinajstić information content (AvgIpc) is 3.10. The van der Waals surface area contributed by atoms with Gasteiger partial charge in [-0.3, -0.25) is 14.7 Å². The maximum absolute atomic E-state index is 11.8. The van der Waals surface area contributed by atoms with Crippen LogP contribution in [0.5, 0.6) is 0 Å². The van der Waals surface area contributed by atoms with Crippen molar-refractivity contribution in [3.63, 3.8) is 0 Å². The number of carbonyl (C=O) groups excluding carboxylic acids is 2. The SMILES string of the molecule is Cc1ccc2nc(-c3ccc(N=NC4C(=O)NC(=O)NC4O)cc3)sc2c1S(=O)(=O)O. The molecule has 1 aromatic heterocycles. The van der Waals surface area contributed by atoms with Crippen LogP contribution in [-0.2, 0) is 14.9 Å². The number of fused-ring (bicyclic) bond motifs is 1. The monoisotopic (exact) mass is 461 g/mol. The van der Waals surface area contributed by atoms with Crippen LogP contribution in [0.3, 0.4) is 0 Å². The Kier molecular flexibility index (Phi) is 5.26. The molecule has 0 bridgehead atoms. The molecule has 2 atom stereocenters. The number of imide groups is 1. The maximum atomic E-state index is 11.8.